The van der Waals surface area contributed by atoms with Crippen molar-refractivity contribution in [3.63, 3.8) is 0 Å². The lowest BCUT2D eigenvalue weighted by atomic mass is 10.2. The minimum Gasteiger partial charge on any atom is -0.399 e. The van der Waals surface area contributed by atoms with Crippen molar-refractivity contribution < 1.29 is 0 Å². The summed E-state index contributed by atoms with van der Waals surface area (Å²) in [7, 11) is 0. The summed E-state index contributed by atoms with van der Waals surface area (Å²) in [5.74, 6) is 0. The van der Waals surface area contributed by atoms with Gasteiger partial charge in [0.2, 0.25) is 0 Å². The Bertz CT molecular complexity index is 830. The summed E-state index contributed by atoms with van der Waals surface area (Å²) < 4.78 is 1.57. The lowest BCUT2D eigenvalue weighted by Gasteiger charge is -2.05. The van der Waals surface area contributed by atoms with E-state index in [9.17, 15) is 4.79 Å². The van der Waals surface area contributed by atoms with Gasteiger partial charge in [-0.2, -0.15) is 0 Å². The Kier molecular flexibility index (Phi) is 3.02. The van der Waals surface area contributed by atoms with E-state index in [2.05, 4.69) is 9.97 Å². The number of thiazole rings is 1. The Labute approximate surface area is 119 Å². The van der Waals surface area contributed by atoms with Gasteiger partial charge in [-0.25, -0.2) is 9.97 Å². The van der Waals surface area contributed by atoms with Gasteiger partial charge < -0.3 is 5.73 Å². The first-order chi connectivity index (χ1) is 9.54. The van der Waals surface area contributed by atoms with E-state index in [-0.39, 0.29) is 5.56 Å². The third-order valence-electron chi connectivity index (χ3n) is 3.23. The minimum absolute atomic E-state index is 0.0900. The first-order valence-corrected chi connectivity index (χ1v) is 7.04. The molecule has 0 saturated heterocycles. The van der Waals surface area contributed by atoms with Gasteiger partial charge in [0.25, 0.3) is 5.56 Å². The molecule has 0 aliphatic rings. The zero-order valence-electron chi connectivity index (χ0n) is 11.3. The van der Waals surface area contributed by atoms with Crippen molar-refractivity contribution in [2.24, 2.45) is 0 Å². The van der Waals surface area contributed by atoms with Crippen molar-refractivity contribution in [1.29, 1.82) is 0 Å². The fraction of sp³-hybridized carbons (Fsp3) is 0.214. The summed E-state index contributed by atoms with van der Waals surface area (Å²) in [5, 5.41) is 1.45. The number of fused-ring (bicyclic) bond motifs is 1. The van der Waals surface area contributed by atoms with E-state index in [0.717, 1.165) is 10.7 Å². The van der Waals surface area contributed by atoms with E-state index >= 15 is 0 Å². The molecule has 5 nitrogen and oxygen atoms in total. The monoisotopic (exact) mass is 286 g/mol. The topological polar surface area (TPSA) is 73.8 Å². The number of benzene rings is 1. The van der Waals surface area contributed by atoms with Crippen LogP contribution in [0.2, 0.25) is 0 Å². The zero-order valence-corrected chi connectivity index (χ0v) is 12.1. The van der Waals surface area contributed by atoms with Crippen LogP contribution in [-0.4, -0.2) is 14.5 Å². The van der Waals surface area contributed by atoms with E-state index in [1.54, 1.807) is 40.4 Å². The molecule has 3 aromatic rings. The Balaban J connectivity index is 2.08. The summed E-state index contributed by atoms with van der Waals surface area (Å²) in [6.45, 7) is 4.44. The maximum atomic E-state index is 12.4. The Morgan fingerprint density at radius 2 is 2.15 bits per heavy atom. The van der Waals surface area contributed by atoms with Crippen LogP contribution < -0.4 is 11.3 Å². The molecule has 0 aliphatic heterocycles. The number of rotatable bonds is 2. The van der Waals surface area contributed by atoms with Crippen molar-refractivity contribution in [2.45, 2.75) is 20.4 Å². The summed E-state index contributed by atoms with van der Waals surface area (Å²) in [6.07, 6.45) is 1.56. The highest BCUT2D eigenvalue weighted by molar-refractivity contribution is 7.11. The van der Waals surface area contributed by atoms with Crippen LogP contribution in [0.5, 0.6) is 0 Å². The lowest BCUT2D eigenvalue weighted by Crippen LogP contribution is -2.21. The molecule has 0 amide bonds. The standard InChI is InChI=1S/C14H14N4OS/c1-8-9(2)20-13(17-8)6-18-7-16-12-4-3-10(15)5-11(12)14(18)19/h3-5,7H,6,15H2,1-2H3. The van der Waals surface area contributed by atoms with Crippen molar-refractivity contribution in [3.05, 3.63) is 50.5 Å². The Morgan fingerprint density at radius 1 is 1.35 bits per heavy atom. The number of nitrogens with zero attached hydrogens (tertiary/aromatic N) is 3. The van der Waals surface area contributed by atoms with Crippen LogP contribution in [0.15, 0.2) is 29.3 Å². The molecule has 20 heavy (non-hydrogen) atoms. The van der Waals surface area contributed by atoms with E-state index in [0.29, 0.717) is 23.1 Å². The average Bonchev–Trinajstić information content (AvgIpc) is 2.72. The number of aromatic nitrogens is 3. The van der Waals surface area contributed by atoms with Gasteiger partial charge in [-0.15, -0.1) is 11.3 Å². The van der Waals surface area contributed by atoms with Gasteiger partial charge in [0.1, 0.15) is 5.01 Å². The van der Waals surface area contributed by atoms with Gasteiger partial charge in [0, 0.05) is 10.6 Å². The smallest absolute Gasteiger partial charge is 0.261 e. The summed E-state index contributed by atoms with van der Waals surface area (Å²) >= 11 is 1.60. The highest BCUT2D eigenvalue weighted by Crippen LogP contribution is 2.17. The molecule has 0 aliphatic carbocycles. The first-order valence-electron chi connectivity index (χ1n) is 6.22. The molecular formula is C14H14N4OS. The largest absolute Gasteiger partial charge is 0.399 e. The van der Waals surface area contributed by atoms with E-state index in [1.807, 2.05) is 13.8 Å². The van der Waals surface area contributed by atoms with Gasteiger partial charge in [-0.1, -0.05) is 0 Å². The molecule has 3 rings (SSSR count). The normalized spacial score (nSPS) is 11.1. The first kappa shape index (κ1) is 12.8. The lowest BCUT2D eigenvalue weighted by molar-refractivity contribution is 0.741. The molecule has 0 bridgehead atoms. The molecule has 1 aromatic carbocycles. The van der Waals surface area contributed by atoms with Gasteiger partial charge in [0.05, 0.1) is 29.5 Å². The second kappa shape index (κ2) is 4.72. The van der Waals surface area contributed by atoms with Crippen LogP contribution in [0.25, 0.3) is 10.9 Å². The molecule has 6 heteroatoms. The maximum absolute atomic E-state index is 12.4. The van der Waals surface area contributed by atoms with Crippen LogP contribution in [0.1, 0.15) is 15.6 Å². The highest BCUT2D eigenvalue weighted by atomic mass is 32.1. The molecule has 0 saturated carbocycles. The predicted molar refractivity (Wildman–Crippen MR) is 81.1 cm³/mol. The molecule has 102 valence electrons. The average molecular weight is 286 g/mol. The Hall–Kier alpha value is -2.21. The van der Waals surface area contributed by atoms with Crippen LogP contribution in [-0.2, 0) is 6.54 Å². The zero-order chi connectivity index (χ0) is 14.3. The molecule has 2 N–H and O–H groups in total. The number of nitrogens with two attached hydrogens (primary N) is 1. The fourth-order valence-electron chi connectivity index (χ4n) is 2.04. The summed E-state index contributed by atoms with van der Waals surface area (Å²) in [6, 6.07) is 5.17. The Morgan fingerprint density at radius 3 is 2.85 bits per heavy atom. The molecule has 2 aromatic heterocycles. The van der Waals surface area contributed by atoms with Crippen molar-refractivity contribution in [3.8, 4) is 0 Å². The molecule has 0 fully saturated rings. The number of hydrogen-bond acceptors (Lipinski definition) is 5. The van der Waals surface area contributed by atoms with Gasteiger partial charge in [-0.05, 0) is 32.0 Å². The van der Waals surface area contributed by atoms with Crippen molar-refractivity contribution >= 4 is 27.9 Å². The second-order valence-electron chi connectivity index (χ2n) is 4.70. The molecule has 2 heterocycles. The fourth-order valence-corrected chi connectivity index (χ4v) is 2.97. The SMILES string of the molecule is Cc1nc(Cn2cnc3ccc(N)cc3c2=O)sc1C. The van der Waals surface area contributed by atoms with Crippen LogP contribution in [0, 0.1) is 13.8 Å². The van der Waals surface area contributed by atoms with Crippen LogP contribution in [0.4, 0.5) is 5.69 Å². The van der Waals surface area contributed by atoms with Crippen molar-refractivity contribution in [1.82, 2.24) is 14.5 Å². The van der Waals surface area contributed by atoms with Gasteiger partial charge in [0.15, 0.2) is 0 Å². The summed E-state index contributed by atoms with van der Waals surface area (Å²) in [4.78, 5) is 22.3. The van der Waals surface area contributed by atoms with Gasteiger partial charge in [-0.3, -0.25) is 9.36 Å². The maximum Gasteiger partial charge on any atom is 0.261 e. The molecule has 0 radical (unpaired) electrons. The van der Waals surface area contributed by atoms with Crippen molar-refractivity contribution in [2.75, 3.05) is 5.73 Å². The predicted octanol–water partition coefficient (Wildman–Crippen LogP) is 2.10. The molecular weight excluding hydrogens is 272 g/mol. The number of hydrogen-bond donors (Lipinski definition) is 1. The molecule has 0 unspecified atom stereocenters. The minimum atomic E-state index is -0.0900. The number of nitrogen functional groups attached to an aromatic ring is 1. The number of aryl methyl sites for hydroxylation is 2. The van der Waals surface area contributed by atoms with E-state index < -0.39 is 0 Å². The van der Waals surface area contributed by atoms with E-state index in [1.165, 1.54) is 4.88 Å². The molecule has 0 spiro atoms. The third-order valence-corrected chi connectivity index (χ3v) is 4.28. The molecule has 0 atom stereocenters. The number of anilines is 1. The van der Waals surface area contributed by atoms with Gasteiger partial charge >= 0.3 is 0 Å². The quantitative estimate of drug-likeness (QED) is 0.732. The highest BCUT2D eigenvalue weighted by Gasteiger charge is 2.08. The third kappa shape index (κ3) is 2.18. The van der Waals surface area contributed by atoms with E-state index in [4.69, 9.17) is 5.73 Å². The summed E-state index contributed by atoms with van der Waals surface area (Å²) in [5.41, 5.74) is 7.88. The second-order valence-corrected chi connectivity index (χ2v) is 5.99. The van der Waals surface area contributed by atoms with Crippen LogP contribution in [0.3, 0.4) is 0 Å². The van der Waals surface area contributed by atoms with Crippen LogP contribution >= 0.6 is 11.3 Å².